The number of aliphatic hydroxyl groups is 1. The van der Waals surface area contributed by atoms with Crippen molar-refractivity contribution in [1.29, 1.82) is 0 Å². The summed E-state index contributed by atoms with van der Waals surface area (Å²) in [7, 11) is 0. The third-order valence-corrected chi connectivity index (χ3v) is 9.32. The number of ether oxygens (including phenoxy) is 1. The van der Waals surface area contributed by atoms with Gasteiger partial charge in [0.15, 0.2) is 0 Å². The van der Waals surface area contributed by atoms with Crippen LogP contribution >= 0.6 is 0 Å². The van der Waals surface area contributed by atoms with Crippen LogP contribution in [-0.4, -0.2) is 45.5 Å². The molecule has 0 amide bonds. The molecule has 7 rings (SSSR count). The zero-order chi connectivity index (χ0) is 29.0. The van der Waals surface area contributed by atoms with E-state index in [2.05, 4.69) is 20.4 Å². The van der Waals surface area contributed by atoms with Crippen LogP contribution in [0.25, 0.3) is 0 Å². The maximum atomic E-state index is 13.3. The standard InChI is InChI=1S/C33H30N4O4/c1-7-18-14(3)21-11-23-16(5)20-9-10-27(38)33(40)29(30(20)36-23)31-28(32(39)41-33)17(6)24(37-31)13-26-19(8-2)15(4)22(35-26)12-25(18)34-21/h7,11-13,16,20,40H,1,8-10H2,2-6H3/t16-,20-,33-/m0/s1. The molecule has 6 aliphatic heterocycles. The minimum Gasteiger partial charge on any atom is -0.417 e. The highest BCUT2D eigenvalue weighted by molar-refractivity contribution is 6.34. The number of hydrogen-bond acceptors (Lipinski definition) is 8. The first-order valence-electron chi connectivity index (χ1n) is 14.1. The first kappa shape index (κ1) is 25.7. The fourth-order valence-corrected chi connectivity index (χ4v) is 6.88. The molecular formula is C33H30N4O4. The highest BCUT2D eigenvalue weighted by atomic mass is 16.7. The second kappa shape index (κ2) is 8.60. The predicted molar refractivity (Wildman–Crippen MR) is 158 cm³/mol. The highest BCUT2D eigenvalue weighted by Crippen LogP contribution is 2.49. The van der Waals surface area contributed by atoms with E-state index in [4.69, 9.17) is 24.7 Å². The van der Waals surface area contributed by atoms with E-state index in [1.165, 1.54) is 0 Å². The van der Waals surface area contributed by atoms with Gasteiger partial charge in [0.25, 0.3) is 0 Å². The molecule has 0 aromatic heterocycles. The van der Waals surface area contributed by atoms with Gasteiger partial charge in [0.2, 0.25) is 5.78 Å². The number of ketones is 1. The zero-order valence-corrected chi connectivity index (χ0v) is 23.8. The largest absolute Gasteiger partial charge is 0.417 e. The summed E-state index contributed by atoms with van der Waals surface area (Å²) in [5.74, 6) is -3.98. The van der Waals surface area contributed by atoms with E-state index in [1.807, 2.05) is 38.2 Å². The number of aliphatic imine (C=N–C) groups is 4. The molecule has 7 aliphatic rings. The average molecular weight is 547 g/mol. The van der Waals surface area contributed by atoms with Crippen molar-refractivity contribution in [2.75, 3.05) is 0 Å². The van der Waals surface area contributed by atoms with Crippen LogP contribution in [0.15, 0.2) is 113 Å². The van der Waals surface area contributed by atoms with Crippen molar-refractivity contribution >= 4 is 34.6 Å². The van der Waals surface area contributed by atoms with Crippen LogP contribution in [0, 0.1) is 11.8 Å². The number of rotatable bonds is 2. The molecule has 3 atom stereocenters. The van der Waals surface area contributed by atoms with Crippen molar-refractivity contribution in [2.24, 2.45) is 31.8 Å². The Bertz CT molecular complexity index is 1800. The Labute approximate surface area is 238 Å². The molecule has 41 heavy (non-hydrogen) atoms. The summed E-state index contributed by atoms with van der Waals surface area (Å²) in [6, 6.07) is 0. The molecule has 1 fully saturated rings. The summed E-state index contributed by atoms with van der Waals surface area (Å²) in [4.78, 5) is 46.5. The van der Waals surface area contributed by atoms with Crippen molar-refractivity contribution in [3.8, 4) is 0 Å². The fourth-order valence-electron chi connectivity index (χ4n) is 6.88. The molecular weight excluding hydrogens is 516 g/mol. The molecule has 6 heterocycles. The molecule has 0 aromatic carbocycles. The second-order valence-corrected chi connectivity index (χ2v) is 11.4. The lowest BCUT2D eigenvalue weighted by Crippen LogP contribution is -2.51. The summed E-state index contributed by atoms with van der Waals surface area (Å²) in [6.45, 7) is 14.1. The van der Waals surface area contributed by atoms with Crippen molar-refractivity contribution in [1.82, 2.24) is 0 Å². The summed E-state index contributed by atoms with van der Waals surface area (Å²) >= 11 is 0. The second-order valence-electron chi connectivity index (χ2n) is 11.4. The molecule has 0 saturated carbocycles. The molecule has 8 heteroatoms. The van der Waals surface area contributed by atoms with Gasteiger partial charge in [0.1, 0.15) is 0 Å². The Kier molecular flexibility index (Phi) is 5.38. The first-order valence-corrected chi connectivity index (χ1v) is 14.1. The number of carbonyl (C=O) groups excluding carboxylic acids is 2. The van der Waals surface area contributed by atoms with Gasteiger partial charge in [0.05, 0.1) is 51.1 Å². The molecule has 206 valence electrons. The third-order valence-electron chi connectivity index (χ3n) is 9.32. The van der Waals surface area contributed by atoms with Crippen molar-refractivity contribution in [3.63, 3.8) is 0 Å². The molecule has 0 aromatic rings. The van der Waals surface area contributed by atoms with Crippen LogP contribution in [0.2, 0.25) is 0 Å². The Balaban J connectivity index is 1.59. The average Bonchev–Trinajstić information content (AvgIpc) is 3.58. The van der Waals surface area contributed by atoms with E-state index in [-0.39, 0.29) is 35.1 Å². The quantitative estimate of drug-likeness (QED) is 0.484. The van der Waals surface area contributed by atoms with Crippen LogP contribution in [0.4, 0.5) is 0 Å². The van der Waals surface area contributed by atoms with Crippen LogP contribution in [0.5, 0.6) is 0 Å². The Hall–Kier alpha value is -4.30. The molecule has 1 saturated heterocycles. The summed E-state index contributed by atoms with van der Waals surface area (Å²) in [5, 5.41) is 11.7. The van der Waals surface area contributed by atoms with Crippen molar-refractivity contribution < 1.29 is 19.4 Å². The van der Waals surface area contributed by atoms with Crippen LogP contribution in [0.1, 0.15) is 53.9 Å². The van der Waals surface area contributed by atoms with Gasteiger partial charge < -0.3 is 9.84 Å². The van der Waals surface area contributed by atoms with Gasteiger partial charge in [-0.25, -0.2) is 19.8 Å². The third kappa shape index (κ3) is 3.37. The number of nitrogens with zero attached hydrogens (tertiary/aromatic N) is 4. The van der Waals surface area contributed by atoms with Gasteiger partial charge in [-0.15, -0.1) is 0 Å². The zero-order valence-electron chi connectivity index (χ0n) is 23.8. The van der Waals surface area contributed by atoms with Crippen LogP contribution < -0.4 is 0 Å². The molecule has 0 unspecified atom stereocenters. The topological polar surface area (TPSA) is 113 Å². The van der Waals surface area contributed by atoms with E-state index >= 15 is 0 Å². The van der Waals surface area contributed by atoms with Gasteiger partial charge in [0, 0.05) is 29.5 Å². The van der Waals surface area contributed by atoms with E-state index < -0.39 is 17.5 Å². The van der Waals surface area contributed by atoms with Gasteiger partial charge in [-0.05, 0) is 74.1 Å². The van der Waals surface area contributed by atoms with Gasteiger partial charge in [-0.2, -0.15) is 0 Å². The predicted octanol–water partition coefficient (Wildman–Crippen LogP) is 5.13. The number of allylic oxidation sites excluding steroid dienone is 10. The maximum absolute atomic E-state index is 13.3. The fraction of sp³-hybridized carbons (Fsp3) is 0.333. The van der Waals surface area contributed by atoms with Gasteiger partial charge in [-0.3, -0.25) is 9.79 Å². The molecule has 8 bridgehead atoms. The summed E-state index contributed by atoms with van der Waals surface area (Å²) < 4.78 is 5.58. The SMILES string of the molecule is C=CC1=C(C)C2=CC3=NC4=C5C6=NC(=CC7=NC(=CC1=N2)C(C)=C7CC)C(C)=C6C(=O)O[C@@]5(O)C(=O)CC[C@H]4[C@@H]3C. The summed E-state index contributed by atoms with van der Waals surface area (Å²) in [5.41, 5.74) is 10.4. The molecule has 1 aliphatic carbocycles. The minimum absolute atomic E-state index is 0.0509. The normalized spacial score (nSPS) is 30.2. The number of Topliss-reactive ketones (excluding diaryl/α,β-unsaturated/α-hetero) is 1. The van der Waals surface area contributed by atoms with Gasteiger partial charge >= 0.3 is 11.8 Å². The minimum atomic E-state index is -2.44. The Morgan fingerprint density at radius 1 is 1.00 bits per heavy atom. The number of hydrogen-bond donors (Lipinski definition) is 1. The summed E-state index contributed by atoms with van der Waals surface area (Å²) in [6.07, 6.45) is 8.95. The van der Waals surface area contributed by atoms with Crippen molar-refractivity contribution in [2.45, 2.75) is 59.7 Å². The Morgan fingerprint density at radius 2 is 1.68 bits per heavy atom. The van der Waals surface area contributed by atoms with E-state index in [0.717, 1.165) is 57.2 Å². The lowest BCUT2D eigenvalue weighted by Gasteiger charge is -2.33. The van der Waals surface area contributed by atoms with Crippen LogP contribution in [-0.2, 0) is 14.3 Å². The van der Waals surface area contributed by atoms with Crippen LogP contribution in [0.3, 0.4) is 0 Å². The number of carbonyl (C=O) groups is 2. The smallest absolute Gasteiger partial charge is 0.343 e. The number of fused-ring (bicyclic) bond motifs is 3. The number of esters is 1. The van der Waals surface area contributed by atoms with E-state index in [1.54, 1.807) is 6.92 Å². The first-order chi connectivity index (χ1) is 19.6. The monoisotopic (exact) mass is 546 g/mol. The molecule has 1 N–H and O–H groups in total. The lowest BCUT2D eigenvalue weighted by molar-refractivity contribution is -0.195. The molecule has 0 spiro atoms. The van der Waals surface area contributed by atoms with E-state index in [9.17, 15) is 14.7 Å². The lowest BCUT2D eigenvalue weighted by atomic mass is 9.84. The molecule has 0 radical (unpaired) electrons. The molecule has 8 nitrogen and oxygen atoms in total. The van der Waals surface area contributed by atoms with E-state index in [0.29, 0.717) is 23.4 Å². The van der Waals surface area contributed by atoms with Gasteiger partial charge in [-0.1, -0.05) is 26.5 Å². The Morgan fingerprint density at radius 3 is 2.41 bits per heavy atom. The van der Waals surface area contributed by atoms with Crippen molar-refractivity contribution in [3.05, 3.63) is 92.7 Å². The highest BCUT2D eigenvalue weighted by Gasteiger charge is 2.58. The maximum Gasteiger partial charge on any atom is 0.343 e.